The first kappa shape index (κ1) is 21.1. The fraction of sp³-hybridized carbons (Fsp3) is 0.0645. The van der Waals surface area contributed by atoms with E-state index >= 15 is 0 Å². The molecule has 0 spiro atoms. The Kier molecular flexibility index (Phi) is 5.78. The highest BCUT2D eigenvalue weighted by molar-refractivity contribution is 7.95. The number of nitrogens with zero attached hydrogens (tertiary/aromatic N) is 1. The van der Waals surface area contributed by atoms with Crippen molar-refractivity contribution in [1.29, 1.82) is 5.26 Å². The van der Waals surface area contributed by atoms with Crippen molar-refractivity contribution in [3.05, 3.63) is 138 Å². The van der Waals surface area contributed by atoms with Gasteiger partial charge in [0.15, 0.2) is 0 Å². The van der Waals surface area contributed by atoms with Gasteiger partial charge < -0.3 is 0 Å². The Morgan fingerprint density at radius 1 is 0.636 bits per heavy atom. The summed E-state index contributed by atoms with van der Waals surface area (Å²) in [7, 11) is -2.05. The van der Waals surface area contributed by atoms with Gasteiger partial charge in [-0.2, -0.15) is 5.26 Å². The Morgan fingerprint density at radius 2 is 1.15 bits per heavy atom. The molecule has 5 aromatic carbocycles. The zero-order valence-corrected chi connectivity index (χ0v) is 19.5. The number of rotatable bonds is 5. The number of fused-ring (bicyclic) bond motifs is 1. The highest BCUT2D eigenvalue weighted by Crippen LogP contribution is 2.58. The van der Waals surface area contributed by atoms with Crippen LogP contribution in [0.3, 0.4) is 0 Å². The molecular formula is C31H25NP+. The number of benzene rings is 5. The van der Waals surface area contributed by atoms with E-state index in [0.717, 1.165) is 28.1 Å². The van der Waals surface area contributed by atoms with Crippen molar-refractivity contribution in [2.75, 3.05) is 0 Å². The highest BCUT2D eigenvalue weighted by atomic mass is 31.2. The van der Waals surface area contributed by atoms with Gasteiger partial charge in [0.2, 0.25) is 0 Å². The fourth-order valence-electron chi connectivity index (χ4n) is 4.78. The first-order valence-electron chi connectivity index (χ1n) is 11.2. The second-order valence-corrected chi connectivity index (χ2v) is 11.9. The van der Waals surface area contributed by atoms with Crippen molar-refractivity contribution in [2.45, 2.75) is 13.1 Å². The molecule has 0 fully saturated rings. The molecule has 158 valence electrons. The predicted octanol–water partition coefficient (Wildman–Crippen LogP) is 6.51. The van der Waals surface area contributed by atoms with Gasteiger partial charge in [0, 0.05) is 5.56 Å². The molecule has 0 aliphatic heterocycles. The van der Waals surface area contributed by atoms with Crippen LogP contribution < -0.4 is 15.9 Å². The smallest absolute Gasteiger partial charge is 0.116 e. The first-order valence-corrected chi connectivity index (χ1v) is 13.2. The molecule has 0 aromatic heterocycles. The Morgan fingerprint density at radius 3 is 1.64 bits per heavy atom. The second-order valence-electron chi connectivity index (χ2n) is 8.41. The van der Waals surface area contributed by atoms with E-state index in [9.17, 15) is 5.26 Å². The van der Waals surface area contributed by atoms with Gasteiger partial charge >= 0.3 is 0 Å². The third-order valence-electron chi connectivity index (χ3n) is 6.37. The van der Waals surface area contributed by atoms with Gasteiger partial charge in [-0.25, -0.2) is 0 Å². The molecule has 0 unspecified atom stereocenters. The zero-order chi connectivity index (χ0) is 22.7. The van der Waals surface area contributed by atoms with Crippen LogP contribution in [0.5, 0.6) is 0 Å². The molecule has 2 heteroatoms. The van der Waals surface area contributed by atoms with Crippen molar-refractivity contribution in [3.63, 3.8) is 0 Å². The third kappa shape index (κ3) is 3.84. The highest BCUT2D eigenvalue weighted by Gasteiger charge is 2.45. The van der Waals surface area contributed by atoms with E-state index in [4.69, 9.17) is 0 Å². The predicted molar refractivity (Wildman–Crippen MR) is 142 cm³/mol. The Hall–Kier alpha value is -3.72. The number of nitriles is 1. The van der Waals surface area contributed by atoms with Crippen LogP contribution in [0.15, 0.2) is 121 Å². The molecule has 0 heterocycles. The van der Waals surface area contributed by atoms with Gasteiger partial charge in [0.05, 0.1) is 11.7 Å². The zero-order valence-electron chi connectivity index (χ0n) is 18.6. The van der Waals surface area contributed by atoms with Crippen LogP contribution in [0, 0.1) is 18.3 Å². The van der Waals surface area contributed by atoms with Crippen molar-refractivity contribution in [3.8, 4) is 6.07 Å². The lowest BCUT2D eigenvalue weighted by Crippen LogP contribution is -2.32. The van der Waals surface area contributed by atoms with E-state index < -0.39 is 7.26 Å². The van der Waals surface area contributed by atoms with E-state index in [1.54, 1.807) is 0 Å². The van der Waals surface area contributed by atoms with E-state index in [1.807, 2.05) is 0 Å². The summed E-state index contributed by atoms with van der Waals surface area (Å²) in [6.07, 6.45) is 0.803. The number of hydrogen-bond donors (Lipinski definition) is 0. The molecule has 0 aliphatic carbocycles. The lowest BCUT2D eigenvalue weighted by Gasteiger charge is -2.28. The number of hydrogen-bond acceptors (Lipinski definition) is 1. The Bertz CT molecular complexity index is 1340. The molecule has 0 amide bonds. The van der Waals surface area contributed by atoms with Crippen LogP contribution in [-0.2, 0) is 6.16 Å². The molecule has 5 aromatic rings. The maximum Gasteiger partial charge on any atom is 0.116 e. The quantitative estimate of drug-likeness (QED) is 0.285. The lowest BCUT2D eigenvalue weighted by atomic mass is 9.99. The van der Waals surface area contributed by atoms with Crippen molar-refractivity contribution < 1.29 is 0 Å². The summed E-state index contributed by atoms with van der Waals surface area (Å²) < 4.78 is 0. The SMILES string of the molecule is Cc1ccc2c(C#N)c(C[P+](c3ccccc3)(c3ccccc3)c3ccccc3)ccc2c1. The standard InChI is InChI=1S/C31H25NP/c1-24-17-20-30-25(21-24)18-19-26(31(30)22-32)23-33(27-11-5-2-6-12-27,28-13-7-3-8-14-28)29-15-9-4-10-16-29/h2-21H,23H2,1H3/q+1. The van der Waals surface area contributed by atoms with E-state index in [2.05, 4.69) is 134 Å². The minimum absolute atomic E-state index is 0.791. The lowest BCUT2D eigenvalue weighted by molar-refractivity contribution is 1.36. The van der Waals surface area contributed by atoms with E-state index in [-0.39, 0.29) is 0 Å². The normalized spacial score (nSPS) is 11.3. The summed E-state index contributed by atoms with van der Waals surface area (Å²) in [5, 5.41) is 16.4. The monoisotopic (exact) mass is 442 g/mol. The third-order valence-corrected chi connectivity index (χ3v) is 10.7. The summed E-state index contributed by atoms with van der Waals surface area (Å²) in [5.41, 5.74) is 3.11. The minimum Gasteiger partial charge on any atom is -0.192 e. The van der Waals surface area contributed by atoms with Crippen LogP contribution in [0.1, 0.15) is 16.7 Å². The summed E-state index contributed by atoms with van der Waals surface area (Å²) >= 11 is 0. The van der Waals surface area contributed by atoms with Gasteiger partial charge in [0.1, 0.15) is 29.2 Å². The summed E-state index contributed by atoms with van der Waals surface area (Å²) in [5.74, 6) is 0. The summed E-state index contributed by atoms with van der Waals surface area (Å²) in [6, 6.07) is 45.8. The van der Waals surface area contributed by atoms with Crippen LogP contribution in [0.2, 0.25) is 0 Å². The van der Waals surface area contributed by atoms with Gasteiger partial charge in [0.25, 0.3) is 0 Å². The average Bonchev–Trinajstić information content (AvgIpc) is 2.88. The molecule has 33 heavy (non-hydrogen) atoms. The fourth-order valence-corrected chi connectivity index (χ4v) is 9.04. The second kappa shape index (κ2) is 9.03. The molecule has 0 saturated heterocycles. The Labute approximate surface area is 196 Å². The maximum atomic E-state index is 10.3. The molecule has 0 bridgehead atoms. The molecule has 1 nitrogen and oxygen atoms in total. The molecular weight excluding hydrogens is 417 g/mol. The van der Waals surface area contributed by atoms with Gasteiger partial charge in [-0.15, -0.1) is 0 Å². The van der Waals surface area contributed by atoms with E-state index in [1.165, 1.54) is 21.5 Å². The van der Waals surface area contributed by atoms with Gasteiger partial charge in [-0.05, 0) is 54.1 Å². The molecule has 0 aliphatic rings. The summed E-state index contributed by atoms with van der Waals surface area (Å²) in [6.45, 7) is 2.09. The maximum absolute atomic E-state index is 10.3. The van der Waals surface area contributed by atoms with Gasteiger partial charge in [-0.3, -0.25) is 0 Å². The Balaban J connectivity index is 1.81. The molecule has 0 radical (unpaired) electrons. The average molecular weight is 443 g/mol. The molecule has 0 saturated carbocycles. The number of aryl methyl sites for hydroxylation is 1. The molecule has 0 N–H and O–H groups in total. The van der Waals surface area contributed by atoms with Crippen LogP contribution >= 0.6 is 7.26 Å². The van der Waals surface area contributed by atoms with Crippen molar-refractivity contribution in [2.24, 2.45) is 0 Å². The first-order chi connectivity index (χ1) is 16.2. The van der Waals surface area contributed by atoms with Crippen LogP contribution in [0.25, 0.3) is 10.8 Å². The van der Waals surface area contributed by atoms with Gasteiger partial charge in [-0.1, -0.05) is 90.5 Å². The van der Waals surface area contributed by atoms with Crippen LogP contribution in [0.4, 0.5) is 0 Å². The largest absolute Gasteiger partial charge is 0.192 e. The van der Waals surface area contributed by atoms with Crippen LogP contribution in [-0.4, -0.2) is 0 Å². The minimum atomic E-state index is -2.05. The summed E-state index contributed by atoms with van der Waals surface area (Å²) in [4.78, 5) is 0. The molecule has 0 atom stereocenters. The van der Waals surface area contributed by atoms with E-state index in [0.29, 0.717) is 0 Å². The molecule has 5 rings (SSSR count). The van der Waals surface area contributed by atoms with Crippen molar-refractivity contribution >= 4 is 33.9 Å². The van der Waals surface area contributed by atoms with Crippen molar-refractivity contribution in [1.82, 2.24) is 0 Å². The topological polar surface area (TPSA) is 23.8 Å².